The first-order chi connectivity index (χ1) is 15.5. The average molecular weight is 485 g/mol. The van der Waals surface area contributed by atoms with Gasteiger partial charge >= 0.3 is 12.3 Å². The van der Waals surface area contributed by atoms with Crippen molar-refractivity contribution >= 4 is 46.3 Å². The van der Waals surface area contributed by atoms with Crippen LogP contribution in [0.15, 0.2) is 24.3 Å². The van der Waals surface area contributed by atoms with E-state index >= 15 is 0 Å². The van der Waals surface area contributed by atoms with E-state index < -0.39 is 12.3 Å². The predicted molar refractivity (Wildman–Crippen MR) is 126 cm³/mol. The molecule has 0 aromatic heterocycles. The number of fused-ring (bicyclic) bond motifs is 1. The molecule has 0 radical (unpaired) electrons. The molecule has 176 valence electrons. The summed E-state index contributed by atoms with van der Waals surface area (Å²) < 4.78 is 21.0. The third-order valence-corrected chi connectivity index (χ3v) is 5.63. The average Bonchev–Trinajstić information content (AvgIpc) is 2.79. The van der Waals surface area contributed by atoms with Crippen molar-refractivity contribution in [2.75, 3.05) is 13.2 Å². The van der Waals surface area contributed by atoms with E-state index in [0.29, 0.717) is 10.8 Å². The molecule has 2 aromatic rings. The molecule has 0 spiro atoms. The van der Waals surface area contributed by atoms with E-state index in [0.717, 1.165) is 51.4 Å². The van der Waals surface area contributed by atoms with Gasteiger partial charge in [-0.15, -0.1) is 0 Å². The van der Waals surface area contributed by atoms with Crippen LogP contribution in [0.2, 0.25) is 10.0 Å². The number of carbonyl (C=O) groups excluding carboxylic acids is 2. The summed E-state index contributed by atoms with van der Waals surface area (Å²) in [4.78, 5) is 24.3. The van der Waals surface area contributed by atoms with Crippen molar-refractivity contribution in [3.8, 4) is 11.5 Å². The van der Waals surface area contributed by atoms with Crippen LogP contribution in [0.25, 0.3) is 10.8 Å². The van der Waals surface area contributed by atoms with Crippen molar-refractivity contribution < 1.29 is 28.5 Å². The van der Waals surface area contributed by atoms with E-state index in [9.17, 15) is 9.59 Å². The van der Waals surface area contributed by atoms with Gasteiger partial charge in [0.15, 0.2) is 11.5 Å². The van der Waals surface area contributed by atoms with E-state index in [1.165, 1.54) is 0 Å². The second kappa shape index (κ2) is 14.1. The molecule has 0 saturated heterocycles. The second-order valence-electron chi connectivity index (χ2n) is 7.35. The van der Waals surface area contributed by atoms with Gasteiger partial charge in [0.2, 0.25) is 0 Å². The van der Waals surface area contributed by atoms with E-state index in [2.05, 4.69) is 13.8 Å². The van der Waals surface area contributed by atoms with Crippen molar-refractivity contribution in [1.29, 1.82) is 0 Å². The monoisotopic (exact) mass is 484 g/mol. The highest BCUT2D eigenvalue weighted by Gasteiger charge is 2.24. The van der Waals surface area contributed by atoms with Crippen LogP contribution in [-0.4, -0.2) is 25.5 Å². The highest BCUT2D eigenvalue weighted by Crippen LogP contribution is 2.46. The third-order valence-electron chi connectivity index (χ3n) is 4.81. The van der Waals surface area contributed by atoms with E-state index in [4.69, 9.17) is 42.1 Å². The fourth-order valence-corrected chi connectivity index (χ4v) is 3.56. The smallest absolute Gasteiger partial charge is 0.434 e. The van der Waals surface area contributed by atoms with Gasteiger partial charge in [0, 0.05) is 10.8 Å². The van der Waals surface area contributed by atoms with E-state index in [1.807, 2.05) is 0 Å². The van der Waals surface area contributed by atoms with Gasteiger partial charge in [0.05, 0.1) is 13.2 Å². The summed E-state index contributed by atoms with van der Waals surface area (Å²) in [6.45, 7) is 4.72. The van der Waals surface area contributed by atoms with Crippen LogP contribution in [-0.2, 0) is 9.47 Å². The molecule has 0 N–H and O–H groups in total. The molecule has 0 heterocycles. The summed E-state index contributed by atoms with van der Waals surface area (Å²) in [5.74, 6) is 0.0946. The molecule has 0 aliphatic heterocycles. The van der Waals surface area contributed by atoms with Crippen molar-refractivity contribution in [3.05, 3.63) is 34.3 Å². The summed E-state index contributed by atoms with van der Waals surface area (Å²) >= 11 is 12.7. The van der Waals surface area contributed by atoms with Crippen molar-refractivity contribution in [3.63, 3.8) is 0 Å². The SMILES string of the molecule is CCCCCCOC(=O)Oc1c(Cl)c(Cl)c(OC(=O)OCCCCCC)c2ccccc12. The molecule has 0 fully saturated rings. The normalized spacial score (nSPS) is 10.8. The number of halogens is 2. The van der Waals surface area contributed by atoms with Crippen LogP contribution < -0.4 is 9.47 Å². The minimum atomic E-state index is -0.871. The molecule has 8 heteroatoms. The molecule has 0 bridgehead atoms. The summed E-state index contributed by atoms with van der Waals surface area (Å²) in [7, 11) is 0. The predicted octanol–water partition coefficient (Wildman–Crippen LogP) is 8.34. The largest absolute Gasteiger partial charge is 0.513 e. The Morgan fingerprint density at radius 1 is 0.688 bits per heavy atom. The number of unbranched alkanes of at least 4 members (excludes halogenated alkanes) is 6. The van der Waals surface area contributed by atoms with Crippen LogP contribution >= 0.6 is 23.2 Å². The first-order valence-electron chi connectivity index (χ1n) is 11.1. The Morgan fingerprint density at radius 2 is 1.09 bits per heavy atom. The van der Waals surface area contributed by atoms with Gasteiger partial charge in [-0.3, -0.25) is 0 Å². The zero-order valence-corrected chi connectivity index (χ0v) is 20.1. The maximum absolute atomic E-state index is 12.2. The molecule has 0 amide bonds. The number of hydrogen-bond acceptors (Lipinski definition) is 6. The molecule has 6 nitrogen and oxygen atoms in total. The fourth-order valence-electron chi connectivity index (χ4n) is 3.11. The van der Waals surface area contributed by atoms with Gasteiger partial charge in [-0.1, -0.05) is 99.8 Å². The van der Waals surface area contributed by atoms with Gasteiger partial charge in [-0.05, 0) is 12.8 Å². The highest BCUT2D eigenvalue weighted by atomic mass is 35.5. The highest BCUT2D eigenvalue weighted by molar-refractivity contribution is 6.45. The minimum absolute atomic E-state index is 0.0473. The Morgan fingerprint density at radius 3 is 1.47 bits per heavy atom. The number of rotatable bonds is 12. The van der Waals surface area contributed by atoms with Gasteiger partial charge in [0.1, 0.15) is 10.0 Å². The Balaban J connectivity index is 2.13. The molecule has 0 aliphatic carbocycles. The lowest BCUT2D eigenvalue weighted by Crippen LogP contribution is -2.14. The zero-order chi connectivity index (χ0) is 23.3. The van der Waals surface area contributed by atoms with Crippen LogP contribution in [0.4, 0.5) is 9.59 Å². The lowest BCUT2D eigenvalue weighted by molar-refractivity contribution is 0.0959. The summed E-state index contributed by atoms with van der Waals surface area (Å²) in [6.07, 6.45) is 6.04. The first kappa shape index (κ1) is 26.1. The first-order valence-corrected chi connectivity index (χ1v) is 11.8. The van der Waals surface area contributed by atoms with Gasteiger partial charge in [0.25, 0.3) is 0 Å². The number of carbonyl (C=O) groups is 2. The second-order valence-corrected chi connectivity index (χ2v) is 8.11. The van der Waals surface area contributed by atoms with Crippen LogP contribution in [0.5, 0.6) is 11.5 Å². The Kier molecular flexibility index (Phi) is 11.5. The Labute approximate surface area is 199 Å². The third kappa shape index (κ3) is 7.75. The molecule has 2 aromatic carbocycles. The molecule has 0 saturated carbocycles. The topological polar surface area (TPSA) is 71.1 Å². The molecular formula is C24H30Cl2O6. The van der Waals surface area contributed by atoms with Crippen LogP contribution in [0, 0.1) is 0 Å². The lowest BCUT2D eigenvalue weighted by Gasteiger charge is -2.15. The van der Waals surface area contributed by atoms with Gasteiger partial charge in [-0.2, -0.15) is 0 Å². The van der Waals surface area contributed by atoms with Crippen LogP contribution in [0.3, 0.4) is 0 Å². The summed E-state index contributed by atoms with van der Waals surface area (Å²) in [6, 6.07) is 6.85. The standard InChI is InChI=1S/C24H30Cl2O6/c1-3-5-7-11-15-29-23(27)31-21-17-13-9-10-14-18(17)22(20(26)19(21)25)32-24(28)30-16-12-8-6-4-2/h9-10,13-14H,3-8,11-12,15-16H2,1-2H3. The maximum atomic E-state index is 12.2. The zero-order valence-electron chi connectivity index (χ0n) is 18.6. The van der Waals surface area contributed by atoms with Crippen molar-refractivity contribution in [2.45, 2.75) is 65.2 Å². The van der Waals surface area contributed by atoms with E-state index in [1.54, 1.807) is 24.3 Å². The van der Waals surface area contributed by atoms with Crippen molar-refractivity contribution in [1.82, 2.24) is 0 Å². The maximum Gasteiger partial charge on any atom is 0.513 e. The lowest BCUT2D eigenvalue weighted by atomic mass is 10.1. The Bertz CT molecular complexity index is 827. The quantitative estimate of drug-likeness (QED) is 0.171. The van der Waals surface area contributed by atoms with Gasteiger partial charge in [-0.25, -0.2) is 9.59 Å². The number of ether oxygens (including phenoxy) is 4. The van der Waals surface area contributed by atoms with Gasteiger partial charge < -0.3 is 18.9 Å². The molecule has 32 heavy (non-hydrogen) atoms. The fraction of sp³-hybridized carbons (Fsp3) is 0.500. The molecule has 2 rings (SSSR count). The number of benzene rings is 2. The van der Waals surface area contributed by atoms with Crippen LogP contribution in [0.1, 0.15) is 65.2 Å². The summed E-state index contributed by atoms with van der Waals surface area (Å²) in [5, 5.41) is 0.796. The molecule has 0 atom stereocenters. The summed E-state index contributed by atoms with van der Waals surface area (Å²) in [5.41, 5.74) is 0. The van der Waals surface area contributed by atoms with Crippen molar-refractivity contribution in [2.24, 2.45) is 0 Å². The molecular weight excluding hydrogens is 455 g/mol. The number of hydrogen-bond donors (Lipinski definition) is 0. The molecule has 0 unspecified atom stereocenters. The van der Waals surface area contributed by atoms with E-state index in [-0.39, 0.29) is 34.8 Å². The Hall–Kier alpha value is -2.18. The minimum Gasteiger partial charge on any atom is -0.434 e. The molecule has 0 aliphatic rings.